The molecule has 0 aliphatic rings. The SMILES string of the molecule is CCC[n+]1ccc(/C=C/c2ccc(OC)cc2OC)cc1. The van der Waals surface area contributed by atoms with Gasteiger partial charge in [0.2, 0.25) is 0 Å². The van der Waals surface area contributed by atoms with Gasteiger partial charge in [0.15, 0.2) is 12.4 Å². The quantitative estimate of drug-likeness (QED) is 0.757. The molecule has 0 spiro atoms. The molecule has 2 rings (SSSR count). The van der Waals surface area contributed by atoms with Gasteiger partial charge in [-0.2, -0.15) is 0 Å². The van der Waals surface area contributed by atoms with Crippen LogP contribution >= 0.6 is 0 Å². The van der Waals surface area contributed by atoms with Crippen molar-refractivity contribution in [3.8, 4) is 11.5 Å². The van der Waals surface area contributed by atoms with Crippen molar-refractivity contribution in [1.29, 1.82) is 0 Å². The van der Waals surface area contributed by atoms with Gasteiger partial charge in [-0.05, 0) is 17.7 Å². The van der Waals surface area contributed by atoms with Gasteiger partial charge in [0.25, 0.3) is 0 Å². The summed E-state index contributed by atoms with van der Waals surface area (Å²) >= 11 is 0. The van der Waals surface area contributed by atoms with E-state index in [0.29, 0.717) is 0 Å². The summed E-state index contributed by atoms with van der Waals surface area (Å²) in [7, 11) is 3.32. The topological polar surface area (TPSA) is 22.3 Å². The Labute approximate surface area is 126 Å². The molecule has 0 unspecified atom stereocenters. The number of aromatic nitrogens is 1. The molecule has 0 saturated heterocycles. The first-order chi connectivity index (χ1) is 10.3. The minimum Gasteiger partial charge on any atom is -0.497 e. The summed E-state index contributed by atoms with van der Waals surface area (Å²) in [6.45, 7) is 3.23. The minimum atomic E-state index is 0.796. The number of pyridine rings is 1. The van der Waals surface area contributed by atoms with E-state index in [1.165, 1.54) is 5.56 Å². The molecule has 0 saturated carbocycles. The number of hydrogen-bond acceptors (Lipinski definition) is 2. The number of nitrogens with zero attached hydrogens (tertiary/aromatic N) is 1. The molecule has 0 radical (unpaired) electrons. The van der Waals surface area contributed by atoms with E-state index in [1.54, 1.807) is 14.2 Å². The van der Waals surface area contributed by atoms with Crippen molar-refractivity contribution in [2.24, 2.45) is 0 Å². The third-order valence-corrected chi connectivity index (χ3v) is 3.29. The van der Waals surface area contributed by atoms with E-state index < -0.39 is 0 Å². The average molecular weight is 284 g/mol. The van der Waals surface area contributed by atoms with Crippen molar-refractivity contribution in [2.45, 2.75) is 19.9 Å². The highest BCUT2D eigenvalue weighted by Gasteiger charge is 2.02. The molecule has 0 fully saturated rings. The Morgan fingerprint density at radius 3 is 2.38 bits per heavy atom. The summed E-state index contributed by atoms with van der Waals surface area (Å²) in [5.41, 5.74) is 2.20. The van der Waals surface area contributed by atoms with Crippen LogP contribution in [0, 0.1) is 0 Å². The van der Waals surface area contributed by atoms with Gasteiger partial charge in [0, 0.05) is 30.2 Å². The van der Waals surface area contributed by atoms with Crippen molar-refractivity contribution in [2.75, 3.05) is 14.2 Å². The highest BCUT2D eigenvalue weighted by molar-refractivity contribution is 5.72. The summed E-state index contributed by atoms with van der Waals surface area (Å²) in [6.07, 6.45) is 9.49. The molecule has 0 bridgehead atoms. The van der Waals surface area contributed by atoms with Gasteiger partial charge in [0.05, 0.1) is 14.2 Å². The van der Waals surface area contributed by atoms with Gasteiger partial charge in [-0.15, -0.1) is 0 Å². The molecule has 1 aromatic carbocycles. The predicted octanol–water partition coefficient (Wildman–Crippen LogP) is 3.57. The zero-order chi connectivity index (χ0) is 15.1. The van der Waals surface area contributed by atoms with Crippen molar-refractivity contribution < 1.29 is 14.0 Å². The Bertz CT molecular complexity index is 603. The van der Waals surface area contributed by atoms with Crippen LogP contribution in [-0.4, -0.2) is 14.2 Å². The number of hydrogen-bond donors (Lipinski definition) is 0. The first-order valence-electron chi connectivity index (χ1n) is 7.16. The first kappa shape index (κ1) is 15.1. The number of benzene rings is 1. The van der Waals surface area contributed by atoms with Crippen LogP contribution in [-0.2, 0) is 6.54 Å². The van der Waals surface area contributed by atoms with Crippen molar-refractivity contribution in [3.63, 3.8) is 0 Å². The highest BCUT2D eigenvalue weighted by Crippen LogP contribution is 2.26. The van der Waals surface area contributed by atoms with Crippen LogP contribution in [0.2, 0.25) is 0 Å². The molecule has 1 heterocycles. The summed E-state index contributed by atoms with van der Waals surface area (Å²) in [6, 6.07) is 10.0. The van der Waals surface area contributed by atoms with Crippen molar-refractivity contribution in [3.05, 3.63) is 53.9 Å². The van der Waals surface area contributed by atoms with Crippen LogP contribution in [0.5, 0.6) is 11.5 Å². The summed E-state index contributed by atoms with van der Waals surface area (Å²) in [5, 5.41) is 0. The molecule has 2 aromatic rings. The molecule has 0 aliphatic carbocycles. The maximum absolute atomic E-state index is 5.39. The Morgan fingerprint density at radius 2 is 1.76 bits per heavy atom. The maximum Gasteiger partial charge on any atom is 0.169 e. The second-order valence-electron chi connectivity index (χ2n) is 4.81. The van der Waals surface area contributed by atoms with Gasteiger partial charge in [0.1, 0.15) is 18.0 Å². The van der Waals surface area contributed by atoms with Crippen LogP contribution in [0.15, 0.2) is 42.7 Å². The fourth-order valence-corrected chi connectivity index (χ4v) is 2.13. The van der Waals surface area contributed by atoms with Crippen molar-refractivity contribution in [1.82, 2.24) is 0 Å². The number of rotatable bonds is 6. The predicted molar refractivity (Wildman–Crippen MR) is 85.4 cm³/mol. The molecule has 0 N–H and O–H groups in total. The lowest BCUT2D eigenvalue weighted by Gasteiger charge is -2.07. The molecule has 3 heteroatoms. The lowest BCUT2D eigenvalue weighted by molar-refractivity contribution is -0.697. The Morgan fingerprint density at radius 1 is 1.00 bits per heavy atom. The summed E-state index contributed by atoms with van der Waals surface area (Å²) in [5.74, 6) is 1.60. The standard InChI is InChI=1S/C18H22NO2/c1-4-11-19-12-9-15(10-13-19)5-6-16-7-8-17(20-2)14-18(16)21-3/h5-10,12-14H,4,11H2,1-3H3/q+1/b6-5+. The van der Waals surface area contributed by atoms with E-state index in [2.05, 4.69) is 48.2 Å². The van der Waals surface area contributed by atoms with Gasteiger partial charge in [-0.1, -0.05) is 19.1 Å². The van der Waals surface area contributed by atoms with Crippen LogP contribution in [0.3, 0.4) is 0 Å². The van der Waals surface area contributed by atoms with Crippen LogP contribution in [0.1, 0.15) is 24.5 Å². The smallest absolute Gasteiger partial charge is 0.169 e. The second kappa shape index (κ2) is 7.48. The lowest BCUT2D eigenvalue weighted by Crippen LogP contribution is -2.31. The first-order valence-corrected chi connectivity index (χ1v) is 7.16. The molecule has 1 aromatic heterocycles. The lowest BCUT2D eigenvalue weighted by atomic mass is 10.1. The molecule has 0 amide bonds. The van der Waals surface area contributed by atoms with Crippen LogP contribution < -0.4 is 14.0 Å². The highest BCUT2D eigenvalue weighted by atomic mass is 16.5. The van der Waals surface area contributed by atoms with Crippen molar-refractivity contribution >= 4 is 12.2 Å². The van der Waals surface area contributed by atoms with Gasteiger partial charge in [-0.25, -0.2) is 4.57 Å². The second-order valence-corrected chi connectivity index (χ2v) is 4.81. The third kappa shape index (κ3) is 4.09. The summed E-state index contributed by atoms with van der Waals surface area (Å²) < 4.78 is 12.8. The van der Waals surface area contributed by atoms with Gasteiger partial charge >= 0.3 is 0 Å². The molecule has 110 valence electrons. The molecule has 21 heavy (non-hydrogen) atoms. The minimum absolute atomic E-state index is 0.796. The fraction of sp³-hybridized carbons (Fsp3) is 0.278. The number of ether oxygens (including phenoxy) is 2. The van der Waals surface area contributed by atoms with E-state index in [4.69, 9.17) is 9.47 Å². The van der Waals surface area contributed by atoms with Crippen LogP contribution in [0.25, 0.3) is 12.2 Å². The van der Waals surface area contributed by atoms with E-state index >= 15 is 0 Å². The summed E-state index contributed by atoms with van der Waals surface area (Å²) in [4.78, 5) is 0. The fourth-order valence-electron chi connectivity index (χ4n) is 2.13. The Kier molecular flexibility index (Phi) is 5.38. The maximum atomic E-state index is 5.39. The molecule has 0 aliphatic heterocycles. The average Bonchev–Trinajstić information content (AvgIpc) is 2.54. The van der Waals surface area contributed by atoms with E-state index in [9.17, 15) is 0 Å². The normalized spacial score (nSPS) is 10.8. The molecular formula is C18H22NO2+. The van der Waals surface area contributed by atoms with E-state index in [1.807, 2.05) is 18.2 Å². The Balaban J connectivity index is 2.16. The zero-order valence-electron chi connectivity index (χ0n) is 12.9. The number of methoxy groups -OCH3 is 2. The third-order valence-electron chi connectivity index (χ3n) is 3.29. The van der Waals surface area contributed by atoms with Gasteiger partial charge < -0.3 is 9.47 Å². The van der Waals surface area contributed by atoms with E-state index in [-0.39, 0.29) is 0 Å². The monoisotopic (exact) mass is 284 g/mol. The Hall–Kier alpha value is -2.29. The van der Waals surface area contributed by atoms with Crippen LogP contribution in [0.4, 0.5) is 0 Å². The van der Waals surface area contributed by atoms with Gasteiger partial charge in [-0.3, -0.25) is 0 Å². The molecular weight excluding hydrogens is 262 g/mol. The molecule has 3 nitrogen and oxygen atoms in total. The molecule has 0 atom stereocenters. The number of aryl methyl sites for hydroxylation is 1. The van der Waals surface area contributed by atoms with E-state index in [0.717, 1.165) is 30.0 Å². The zero-order valence-corrected chi connectivity index (χ0v) is 12.9. The largest absolute Gasteiger partial charge is 0.497 e.